The SMILES string of the molecule is O=C(NC1CC1)c1cc(SCC(=O)N(C2CC2)[C@@H]2CCS(=O)(=O)C2)nc2ccccc12. The Hall–Kier alpha value is -2.13. The van der Waals surface area contributed by atoms with E-state index in [1.807, 2.05) is 24.3 Å². The number of hydrogen-bond acceptors (Lipinski definition) is 6. The molecule has 2 saturated carbocycles. The Kier molecular flexibility index (Phi) is 5.42. The first-order chi connectivity index (χ1) is 14.9. The van der Waals surface area contributed by atoms with Gasteiger partial charge in [0.2, 0.25) is 5.91 Å². The number of carbonyl (C=O) groups is 2. The average Bonchev–Trinajstić information content (AvgIpc) is 3.67. The van der Waals surface area contributed by atoms with Crippen molar-refractivity contribution < 1.29 is 18.0 Å². The molecule has 1 aliphatic heterocycles. The number of sulfone groups is 1. The highest BCUT2D eigenvalue weighted by Crippen LogP contribution is 2.33. The van der Waals surface area contributed by atoms with Crippen molar-refractivity contribution in [2.75, 3.05) is 17.3 Å². The molecule has 9 heteroatoms. The molecule has 31 heavy (non-hydrogen) atoms. The van der Waals surface area contributed by atoms with Crippen molar-refractivity contribution in [3.05, 3.63) is 35.9 Å². The zero-order valence-corrected chi connectivity index (χ0v) is 18.8. The Labute approximate surface area is 185 Å². The van der Waals surface area contributed by atoms with E-state index in [0.717, 1.165) is 36.6 Å². The summed E-state index contributed by atoms with van der Waals surface area (Å²) in [4.78, 5) is 32.2. The van der Waals surface area contributed by atoms with Crippen molar-refractivity contribution in [1.82, 2.24) is 15.2 Å². The molecule has 1 saturated heterocycles. The minimum absolute atomic E-state index is 0.0476. The molecule has 0 unspecified atom stereocenters. The smallest absolute Gasteiger partial charge is 0.252 e. The quantitative estimate of drug-likeness (QED) is 0.639. The third kappa shape index (κ3) is 4.72. The molecule has 3 aliphatic rings. The van der Waals surface area contributed by atoms with Crippen LogP contribution < -0.4 is 5.32 Å². The molecule has 2 amide bonds. The predicted molar refractivity (Wildman–Crippen MR) is 120 cm³/mol. The highest BCUT2D eigenvalue weighted by Gasteiger charge is 2.42. The summed E-state index contributed by atoms with van der Waals surface area (Å²) in [5, 5.41) is 4.46. The molecule has 1 aromatic carbocycles. The molecule has 2 aliphatic carbocycles. The Balaban J connectivity index is 1.34. The number of aromatic nitrogens is 1. The molecular weight excluding hydrogens is 434 g/mol. The number of benzene rings is 1. The minimum atomic E-state index is -3.05. The van der Waals surface area contributed by atoms with E-state index in [9.17, 15) is 18.0 Å². The summed E-state index contributed by atoms with van der Waals surface area (Å²) in [6.45, 7) is 0. The molecule has 7 nitrogen and oxygen atoms in total. The number of pyridine rings is 1. The van der Waals surface area contributed by atoms with E-state index in [0.29, 0.717) is 17.0 Å². The van der Waals surface area contributed by atoms with E-state index in [1.165, 1.54) is 11.8 Å². The van der Waals surface area contributed by atoms with Crippen LogP contribution in [0.15, 0.2) is 35.4 Å². The molecule has 1 N–H and O–H groups in total. The standard InChI is InChI=1S/C22H25N3O4S2/c26-21(25(15-7-8-15)16-9-10-31(28,29)13-16)12-30-20-11-18(22(27)23-14-5-6-14)17-3-1-2-4-19(17)24-20/h1-4,11,14-16H,5-10,12-13H2,(H,23,27)/t16-/m1/s1. The Morgan fingerprint density at radius 3 is 2.55 bits per heavy atom. The van der Waals surface area contributed by atoms with Crippen LogP contribution in [-0.4, -0.2) is 65.5 Å². The first-order valence-electron chi connectivity index (χ1n) is 10.7. The van der Waals surface area contributed by atoms with Gasteiger partial charge in [0, 0.05) is 23.5 Å². The molecule has 2 aromatic rings. The molecule has 164 valence electrons. The van der Waals surface area contributed by atoms with Crippen LogP contribution in [0, 0.1) is 0 Å². The number of nitrogens with one attached hydrogen (secondary N) is 1. The highest BCUT2D eigenvalue weighted by molar-refractivity contribution is 7.99. The number of nitrogens with zero attached hydrogens (tertiary/aromatic N) is 2. The fraction of sp³-hybridized carbons (Fsp3) is 0.500. The summed E-state index contributed by atoms with van der Waals surface area (Å²) in [6.07, 6.45) is 4.42. The zero-order valence-electron chi connectivity index (χ0n) is 17.1. The van der Waals surface area contributed by atoms with Crippen molar-refractivity contribution in [2.24, 2.45) is 0 Å². The van der Waals surface area contributed by atoms with E-state index < -0.39 is 9.84 Å². The van der Waals surface area contributed by atoms with E-state index >= 15 is 0 Å². The lowest BCUT2D eigenvalue weighted by molar-refractivity contribution is -0.130. The van der Waals surface area contributed by atoms with Gasteiger partial charge in [-0.05, 0) is 44.2 Å². The molecule has 0 radical (unpaired) electrons. The molecule has 0 spiro atoms. The Morgan fingerprint density at radius 2 is 1.87 bits per heavy atom. The average molecular weight is 460 g/mol. The minimum Gasteiger partial charge on any atom is -0.349 e. The van der Waals surface area contributed by atoms with Crippen molar-refractivity contribution in [3.63, 3.8) is 0 Å². The van der Waals surface area contributed by atoms with Crippen molar-refractivity contribution >= 4 is 44.3 Å². The van der Waals surface area contributed by atoms with E-state index in [-0.39, 0.29) is 47.2 Å². The lowest BCUT2D eigenvalue weighted by Crippen LogP contribution is -2.43. The summed E-state index contributed by atoms with van der Waals surface area (Å²) in [7, 11) is -3.05. The number of rotatable bonds is 7. The van der Waals surface area contributed by atoms with Crippen LogP contribution in [0.4, 0.5) is 0 Å². The van der Waals surface area contributed by atoms with E-state index in [2.05, 4.69) is 10.3 Å². The normalized spacial score (nSPS) is 22.4. The Bertz CT molecular complexity index is 1140. The molecule has 5 rings (SSSR count). The Morgan fingerprint density at radius 1 is 1.10 bits per heavy atom. The van der Waals surface area contributed by atoms with Gasteiger partial charge in [-0.25, -0.2) is 13.4 Å². The zero-order chi connectivity index (χ0) is 21.6. The molecular formula is C22H25N3O4S2. The monoisotopic (exact) mass is 459 g/mol. The molecule has 2 heterocycles. The molecule has 3 fully saturated rings. The second kappa shape index (κ2) is 8.09. The van der Waals surface area contributed by atoms with Gasteiger partial charge in [0.25, 0.3) is 5.91 Å². The van der Waals surface area contributed by atoms with Gasteiger partial charge in [0.15, 0.2) is 9.84 Å². The van der Waals surface area contributed by atoms with Gasteiger partial charge in [-0.3, -0.25) is 9.59 Å². The third-order valence-electron chi connectivity index (χ3n) is 6.02. The van der Waals surface area contributed by atoms with Crippen LogP contribution in [-0.2, 0) is 14.6 Å². The maximum absolute atomic E-state index is 13.0. The van der Waals surface area contributed by atoms with Crippen molar-refractivity contribution in [3.8, 4) is 0 Å². The lowest BCUT2D eigenvalue weighted by Gasteiger charge is -2.28. The van der Waals surface area contributed by atoms with Gasteiger partial charge < -0.3 is 10.2 Å². The lowest BCUT2D eigenvalue weighted by atomic mass is 10.1. The summed E-state index contributed by atoms with van der Waals surface area (Å²) in [5.74, 6) is 0.257. The molecule has 1 aromatic heterocycles. The second-order valence-electron chi connectivity index (χ2n) is 8.65. The predicted octanol–water partition coefficient (Wildman–Crippen LogP) is 2.40. The van der Waals surface area contributed by atoms with Crippen molar-refractivity contribution in [1.29, 1.82) is 0 Å². The maximum atomic E-state index is 13.0. The number of fused-ring (bicyclic) bond motifs is 1. The van der Waals surface area contributed by atoms with E-state index in [1.54, 1.807) is 11.0 Å². The van der Waals surface area contributed by atoms with Crippen LogP contribution in [0.5, 0.6) is 0 Å². The molecule has 1 atom stereocenters. The number of hydrogen-bond donors (Lipinski definition) is 1. The summed E-state index contributed by atoms with van der Waals surface area (Å²) in [5.41, 5.74) is 1.30. The number of carbonyl (C=O) groups excluding carboxylic acids is 2. The summed E-state index contributed by atoms with van der Waals surface area (Å²) < 4.78 is 23.8. The fourth-order valence-corrected chi connectivity index (χ4v) is 6.66. The van der Waals surface area contributed by atoms with Gasteiger partial charge in [-0.15, -0.1) is 0 Å². The summed E-state index contributed by atoms with van der Waals surface area (Å²) in [6, 6.07) is 9.50. The van der Waals surface area contributed by atoms with Crippen LogP contribution in [0.3, 0.4) is 0 Å². The van der Waals surface area contributed by atoms with Gasteiger partial charge in [-0.2, -0.15) is 0 Å². The van der Waals surface area contributed by atoms with Crippen molar-refractivity contribution in [2.45, 2.75) is 55.3 Å². The second-order valence-corrected chi connectivity index (χ2v) is 11.9. The first-order valence-corrected chi connectivity index (χ1v) is 13.6. The molecule has 0 bridgehead atoms. The highest BCUT2D eigenvalue weighted by atomic mass is 32.2. The maximum Gasteiger partial charge on any atom is 0.252 e. The largest absolute Gasteiger partial charge is 0.349 e. The van der Waals surface area contributed by atoms with Crippen LogP contribution in [0.2, 0.25) is 0 Å². The van der Waals surface area contributed by atoms with Gasteiger partial charge in [0.1, 0.15) is 0 Å². The van der Waals surface area contributed by atoms with Gasteiger partial charge in [0.05, 0.1) is 33.4 Å². The van der Waals surface area contributed by atoms with Gasteiger partial charge >= 0.3 is 0 Å². The number of amides is 2. The fourth-order valence-electron chi connectivity index (χ4n) is 4.17. The first kappa shape index (κ1) is 20.8. The van der Waals surface area contributed by atoms with Crippen LogP contribution in [0.25, 0.3) is 10.9 Å². The van der Waals surface area contributed by atoms with E-state index in [4.69, 9.17) is 0 Å². The van der Waals surface area contributed by atoms with Crippen LogP contribution >= 0.6 is 11.8 Å². The third-order valence-corrected chi connectivity index (χ3v) is 8.67. The van der Waals surface area contributed by atoms with Gasteiger partial charge in [-0.1, -0.05) is 30.0 Å². The number of para-hydroxylation sites is 1. The van der Waals surface area contributed by atoms with Crippen LogP contribution in [0.1, 0.15) is 42.5 Å². The summed E-state index contributed by atoms with van der Waals surface area (Å²) >= 11 is 1.31. The topological polar surface area (TPSA) is 96.4 Å². The number of thioether (sulfide) groups is 1.